The van der Waals surface area contributed by atoms with Gasteiger partial charge in [0, 0.05) is 18.5 Å². The molecule has 7 heteroatoms. The lowest BCUT2D eigenvalue weighted by atomic mass is 9.89. The maximum atomic E-state index is 12.4. The van der Waals surface area contributed by atoms with Crippen LogP contribution in [0.25, 0.3) is 0 Å². The smallest absolute Gasteiger partial charge is 0.239 e. The summed E-state index contributed by atoms with van der Waals surface area (Å²) in [5.74, 6) is 1.16. The van der Waals surface area contributed by atoms with Gasteiger partial charge in [-0.1, -0.05) is 18.2 Å². The number of carbonyl (C=O) groups excluding carboxylic acids is 1. The van der Waals surface area contributed by atoms with Gasteiger partial charge in [-0.2, -0.15) is 0 Å². The van der Waals surface area contributed by atoms with Crippen LogP contribution in [0.2, 0.25) is 0 Å². The molecule has 3 rings (SSSR count). The highest BCUT2D eigenvalue weighted by Crippen LogP contribution is 2.20. The highest BCUT2D eigenvalue weighted by molar-refractivity contribution is 5.85. The molecule has 0 bridgehead atoms. The minimum Gasteiger partial charge on any atom is -0.489 e. The van der Waals surface area contributed by atoms with E-state index in [1.54, 1.807) is 0 Å². The van der Waals surface area contributed by atoms with Crippen molar-refractivity contribution in [1.82, 2.24) is 21.5 Å². The minimum absolute atomic E-state index is 0. The number of amides is 1. The molecule has 2 fully saturated rings. The lowest BCUT2D eigenvalue weighted by Gasteiger charge is -2.27. The number of carbonyl (C=O) groups is 1. The topological polar surface area (TPSA) is 74.4 Å². The van der Waals surface area contributed by atoms with E-state index in [9.17, 15) is 4.79 Å². The predicted octanol–water partition coefficient (Wildman–Crippen LogP) is 0.446. The van der Waals surface area contributed by atoms with Gasteiger partial charge in [0.15, 0.2) is 0 Å². The van der Waals surface area contributed by atoms with Crippen molar-refractivity contribution in [2.24, 2.45) is 5.92 Å². The lowest BCUT2D eigenvalue weighted by Crippen LogP contribution is -2.50. The number of rotatable bonds is 5. The Balaban J connectivity index is 0.00000192. The van der Waals surface area contributed by atoms with Crippen molar-refractivity contribution in [3.8, 4) is 5.75 Å². The van der Waals surface area contributed by atoms with Gasteiger partial charge in [-0.15, -0.1) is 12.4 Å². The van der Waals surface area contributed by atoms with E-state index in [-0.39, 0.29) is 30.5 Å². The van der Waals surface area contributed by atoms with Gasteiger partial charge >= 0.3 is 0 Å². The number of benzene rings is 1. The first kappa shape index (κ1) is 18.0. The lowest BCUT2D eigenvalue weighted by molar-refractivity contribution is -0.124. The fourth-order valence-corrected chi connectivity index (χ4v) is 3.10. The second-order valence-electron chi connectivity index (χ2n) is 6.02. The Morgan fingerprint density at radius 1 is 1.35 bits per heavy atom. The molecule has 2 saturated heterocycles. The molecule has 2 aliphatic rings. The second kappa shape index (κ2) is 8.49. The third-order valence-corrected chi connectivity index (χ3v) is 4.31. The highest BCUT2D eigenvalue weighted by Gasteiger charge is 2.40. The summed E-state index contributed by atoms with van der Waals surface area (Å²) in [4.78, 5) is 12.4. The third-order valence-electron chi connectivity index (χ3n) is 4.31. The molecule has 4 atom stereocenters. The van der Waals surface area contributed by atoms with Crippen LogP contribution in [0, 0.1) is 5.92 Å². The number of hydrogen-bond donors (Lipinski definition) is 4. The molecule has 1 aromatic carbocycles. The summed E-state index contributed by atoms with van der Waals surface area (Å²) in [6, 6.07) is 9.86. The molecule has 4 N–H and O–H groups in total. The van der Waals surface area contributed by atoms with Crippen LogP contribution in [0.5, 0.6) is 5.75 Å². The highest BCUT2D eigenvalue weighted by atomic mass is 35.5. The summed E-state index contributed by atoms with van der Waals surface area (Å²) in [5, 5.41) is 6.34. The van der Waals surface area contributed by atoms with Crippen LogP contribution in [0.3, 0.4) is 0 Å². The molecule has 0 aromatic heterocycles. The molecule has 2 heterocycles. The van der Waals surface area contributed by atoms with E-state index in [1.165, 1.54) is 0 Å². The summed E-state index contributed by atoms with van der Waals surface area (Å²) in [5.41, 5.74) is 6.36. The van der Waals surface area contributed by atoms with E-state index >= 15 is 0 Å². The Morgan fingerprint density at radius 2 is 2.13 bits per heavy atom. The van der Waals surface area contributed by atoms with Crippen LogP contribution >= 0.6 is 12.4 Å². The number of nitrogens with one attached hydrogen (secondary N) is 4. The van der Waals surface area contributed by atoms with Gasteiger partial charge < -0.3 is 15.4 Å². The summed E-state index contributed by atoms with van der Waals surface area (Å²) in [6.45, 7) is 4.33. The number of halogens is 1. The number of fused-ring (bicyclic) bond motifs is 1. The maximum Gasteiger partial charge on any atom is 0.239 e. The van der Waals surface area contributed by atoms with Gasteiger partial charge in [0.25, 0.3) is 0 Å². The van der Waals surface area contributed by atoms with Crippen molar-refractivity contribution in [2.45, 2.75) is 31.5 Å². The summed E-state index contributed by atoms with van der Waals surface area (Å²) in [6.07, 6.45) is 0.982. The van der Waals surface area contributed by atoms with Crippen LogP contribution in [0.15, 0.2) is 30.3 Å². The van der Waals surface area contributed by atoms with E-state index < -0.39 is 0 Å². The average Bonchev–Trinajstić information content (AvgIpc) is 2.98. The minimum atomic E-state index is -0.179. The molecule has 1 amide bonds. The monoisotopic (exact) mass is 340 g/mol. The Labute approximate surface area is 143 Å². The van der Waals surface area contributed by atoms with Crippen LogP contribution in [0.4, 0.5) is 0 Å². The fraction of sp³-hybridized carbons (Fsp3) is 0.562. The Morgan fingerprint density at radius 3 is 2.91 bits per heavy atom. The van der Waals surface area contributed by atoms with Gasteiger partial charge in [0.2, 0.25) is 5.91 Å². The van der Waals surface area contributed by atoms with Crippen molar-refractivity contribution in [1.29, 1.82) is 0 Å². The molecule has 2 aliphatic heterocycles. The first-order chi connectivity index (χ1) is 10.7. The van der Waals surface area contributed by atoms with Crippen LogP contribution in [0.1, 0.15) is 13.3 Å². The van der Waals surface area contributed by atoms with Gasteiger partial charge in [0.1, 0.15) is 17.9 Å². The SMILES string of the molecule is CC(CNC(=O)C1NNC2CCNCC21)Oc1ccccc1.Cl. The Bertz CT molecular complexity index is 502. The van der Waals surface area contributed by atoms with E-state index in [0.29, 0.717) is 18.5 Å². The molecule has 0 saturated carbocycles. The molecule has 4 unspecified atom stereocenters. The molecular weight excluding hydrogens is 316 g/mol. The first-order valence-corrected chi connectivity index (χ1v) is 7.95. The number of hydrogen-bond acceptors (Lipinski definition) is 5. The maximum absolute atomic E-state index is 12.4. The zero-order valence-corrected chi connectivity index (χ0v) is 14.1. The summed E-state index contributed by atoms with van der Waals surface area (Å²) in [7, 11) is 0. The molecule has 0 radical (unpaired) electrons. The van der Waals surface area contributed by atoms with Crippen molar-refractivity contribution in [3.05, 3.63) is 30.3 Å². The summed E-state index contributed by atoms with van der Waals surface area (Å²) >= 11 is 0. The van der Waals surface area contributed by atoms with Crippen LogP contribution in [-0.2, 0) is 4.79 Å². The standard InChI is InChI=1S/C16H24N4O2.ClH/c1-11(22-12-5-3-2-4-6-12)9-18-16(21)15-13-10-17-8-7-14(13)19-20-15;/h2-6,11,13-15,17,19-20H,7-10H2,1H3,(H,18,21);1H. The Kier molecular flexibility index (Phi) is 6.65. The molecular formula is C16H25ClN4O2. The van der Waals surface area contributed by atoms with Crippen molar-refractivity contribution >= 4 is 18.3 Å². The number of piperidine rings is 1. The number of ether oxygens (including phenoxy) is 1. The summed E-state index contributed by atoms with van der Waals surface area (Å²) < 4.78 is 5.77. The van der Waals surface area contributed by atoms with Crippen LogP contribution in [-0.4, -0.2) is 43.7 Å². The Hall–Kier alpha value is -1.34. The fourth-order valence-electron chi connectivity index (χ4n) is 3.10. The van der Waals surface area contributed by atoms with E-state index in [1.807, 2.05) is 37.3 Å². The van der Waals surface area contributed by atoms with E-state index in [4.69, 9.17) is 4.74 Å². The average molecular weight is 341 g/mol. The number of hydrazine groups is 1. The number of para-hydroxylation sites is 1. The molecule has 23 heavy (non-hydrogen) atoms. The quantitative estimate of drug-likeness (QED) is 0.626. The zero-order chi connectivity index (χ0) is 15.4. The zero-order valence-electron chi connectivity index (χ0n) is 13.2. The molecule has 0 aliphatic carbocycles. The molecule has 1 aromatic rings. The van der Waals surface area contributed by atoms with Crippen LogP contribution < -0.4 is 26.2 Å². The normalized spacial score (nSPS) is 27.4. The van der Waals surface area contributed by atoms with Gasteiger partial charge in [0.05, 0.1) is 6.54 Å². The van der Waals surface area contributed by atoms with Crippen molar-refractivity contribution < 1.29 is 9.53 Å². The van der Waals surface area contributed by atoms with E-state index in [2.05, 4.69) is 21.5 Å². The molecule has 0 spiro atoms. The molecule has 128 valence electrons. The van der Waals surface area contributed by atoms with Crippen molar-refractivity contribution in [3.63, 3.8) is 0 Å². The first-order valence-electron chi connectivity index (χ1n) is 7.95. The van der Waals surface area contributed by atoms with Gasteiger partial charge in [-0.25, -0.2) is 5.43 Å². The van der Waals surface area contributed by atoms with Gasteiger partial charge in [-0.3, -0.25) is 10.2 Å². The molecule has 6 nitrogen and oxygen atoms in total. The third kappa shape index (κ3) is 4.57. The van der Waals surface area contributed by atoms with Gasteiger partial charge in [-0.05, 0) is 32.0 Å². The van der Waals surface area contributed by atoms with E-state index in [0.717, 1.165) is 25.3 Å². The second-order valence-corrected chi connectivity index (χ2v) is 6.02. The van der Waals surface area contributed by atoms with Crippen molar-refractivity contribution in [2.75, 3.05) is 19.6 Å². The largest absolute Gasteiger partial charge is 0.489 e. The predicted molar refractivity (Wildman–Crippen MR) is 91.6 cm³/mol.